The predicted molar refractivity (Wildman–Crippen MR) is 76.8 cm³/mol. The normalized spacial score (nSPS) is 20.3. The summed E-state index contributed by atoms with van der Waals surface area (Å²) in [7, 11) is 1.59. The third-order valence-electron chi connectivity index (χ3n) is 3.17. The monoisotopic (exact) mass is 255 g/mol. The number of quaternary nitrogens is 1. The van der Waals surface area contributed by atoms with Crippen molar-refractivity contribution in [3.8, 4) is 5.75 Å². The van der Waals surface area contributed by atoms with Crippen LogP contribution in [0.1, 0.15) is 0 Å². The third-order valence-corrected chi connectivity index (χ3v) is 3.17. The van der Waals surface area contributed by atoms with Crippen LogP contribution in [0.4, 0.5) is 22.7 Å². The minimum absolute atomic E-state index is 0.569. The molecule has 1 aliphatic heterocycles. The number of benzene rings is 2. The molecule has 0 amide bonds. The van der Waals surface area contributed by atoms with Crippen molar-refractivity contribution in [3.05, 3.63) is 47.7 Å². The standard InChI is InChI=1S/C14H13N3O2/c1-19-12-5-3-11(4-6-12)17(18)9-16-13-8-10(15)2-7-14(13)17/h2-9H,15H2,1H3. The maximum absolute atomic E-state index is 12.9. The van der Waals surface area contributed by atoms with Crippen LogP contribution in [-0.4, -0.2) is 13.4 Å². The topological polar surface area (TPSA) is 70.7 Å². The summed E-state index contributed by atoms with van der Waals surface area (Å²) in [4.78, 5) is 4.16. The van der Waals surface area contributed by atoms with E-state index in [0.717, 1.165) is 0 Å². The zero-order chi connectivity index (χ0) is 13.5. The van der Waals surface area contributed by atoms with E-state index in [1.54, 1.807) is 49.6 Å². The van der Waals surface area contributed by atoms with E-state index in [9.17, 15) is 5.21 Å². The molecular formula is C14H13N3O2. The number of hydrogen-bond acceptors (Lipinski definition) is 4. The maximum atomic E-state index is 12.9. The van der Waals surface area contributed by atoms with Gasteiger partial charge < -0.3 is 15.7 Å². The first-order valence-corrected chi connectivity index (χ1v) is 5.83. The van der Waals surface area contributed by atoms with Gasteiger partial charge in [0.25, 0.3) is 0 Å². The lowest BCUT2D eigenvalue weighted by atomic mass is 10.2. The fraction of sp³-hybridized carbons (Fsp3) is 0.0714. The Balaban J connectivity index is 2.08. The molecule has 0 aromatic heterocycles. The minimum Gasteiger partial charge on any atom is -0.616 e. The van der Waals surface area contributed by atoms with E-state index in [0.29, 0.717) is 28.5 Å². The van der Waals surface area contributed by atoms with Gasteiger partial charge in [0.2, 0.25) is 6.34 Å². The van der Waals surface area contributed by atoms with Crippen LogP contribution in [0.2, 0.25) is 0 Å². The molecule has 2 N–H and O–H groups in total. The zero-order valence-corrected chi connectivity index (χ0v) is 10.4. The summed E-state index contributed by atoms with van der Waals surface area (Å²) in [6.07, 6.45) is 1.37. The summed E-state index contributed by atoms with van der Waals surface area (Å²) >= 11 is 0. The Kier molecular flexibility index (Phi) is 2.51. The molecular weight excluding hydrogens is 242 g/mol. The van der Waals surface area contributed by atoms with Gasteiger partial charge in [-0.3, -0.25) is 4.65 Å². The average molecular weight is 255 g/mol. The van der Waals surface area contributed by atoms with Gasteiger partial charge in [-0.05, 0) is 24.3 Å². The molecule has 5 nitrogen and oxygen atoms in total. The SMILES string of the molecule is COc1ccc([N+]2([O-])C=Nc3cc(N)ccc32)cc1. The van der Waals surface area contributed by atoms with E-state index < -0.39 is 4.65 Å². The second kappa shape index (κ2) is 4.08. The Hall–Kier alpha value is -2.37. The molecule has 1 atom stereocenters. The fourth-order valence-electron chi connectivity index (χ4n) is 2.14. The van der Waals surface area contributed by atoms with Crippen LogP contribution in [0, 0.1) is 5.21 Å². The van der Waals surface area contributed by atoms with Crippen LogP contribution in [-0.2, 0) is 0 Å². The van der Waals surface area contributed by atoms with Crippen molar-refractivity contribution in [2.45, 2.75) is 0 Å². The molecule has 0 saturated heterocycles. The van der Waals surface area contributed by atoms with E-state index in [1.165, 1.54) is 6.34 Å². The van der Waals surface area contributed by atoms with Gasteiger partial charge in [-0.25, -0.2) is 0 Å². The number of rotatable bonds is 2. The Morgan fingerprint density at radius 1 is 1.16 bits per heavy atom. The summed E-state index contributed by atoms with van der Waals surface area (Å²) < 4.78 is 4.38. The van der Waals surface area contributed by atoms with Gasteiger partial charge in [0, 0.05) is 23.9 Å². The Bertz CT molecular complexity index is 652. The average Bonchev–Trinajstić information content (AvgIpc) is 2.77. The molecule has 3 rings (SSSR count). The molecule has 1 unspecified atom stereocenters. The number of methoxy groups -OCH3 is 1. The van der Waals surface area contributed by atoms with E-state index in [1.807, 2.05) is 0 Å². The van der Waals surface area contributed by atoms with Crippen LogP contribution in [0.15, 0.2) is 47.5 Å². The highest BCUT2D eigenvalue weighted by atomic mass is 16.5. The van der Waals surface area contributed by atoms with E-state index in [-0.39, 0.29) is 0 Å². The lowest BCUT2D eigenvalue weighted by Gasteiger charge is -2.33. The molecule has 1 heterocycles. The summed E-state index contributed by atoms with van der Waals surface area (Å²) in [5.74, 6) is 0.712. The van der Waals surface area contributed by atoms with Gasteiger partial charge >= 0.3 is 0 Å². The van der Waals surface area contributed by atoms with Crippen molar-refractivity contribution in [2.75, 3.05) is 12.8 Å². The molecule has 5 heteroatoms. The Labute approximate surface area is 110 Å². The number of nitrogen functional groups attached to an aromatic ring is 1. The number of fused-ring (bicyclic) bond motifs is 1. The van der Waals surface area contributed by atoms with Gasteiger partial charge in [0.15, 0.2) is 5.69 Å². The second-order valence-electron chi connectivity index (χ2n) is 4.35. The molecule has 0 spiro atoms. The smallest absolute Gasteiger partial charge is 0.201 e. The highest BCUT2D eigenvalue weighted by molar-refractivity contribution is 5.96. The first-order chi connectivity index (χ1) is 9.13. The molecule has 2 aromatic rings. The van der Waals surface area contributed by atoms with Crippen molar-refractivity contribution in [3.63, 3.8) is 0 Å². The van der Waals surface area contributed by atoms with Crippen LogP contribution < -0.4 is 15.1 Å². The lowest BCUT2D eigenvalue weighted by Crippen LogP contribution is -2.33. The molecule has 0 radical (unpaired) electrons. The summed E-state index contributed by atoms with van der Waals surface area (Å²) in [5, 5.41) is 12.9. The van der Waals surface area contributed by atoms with Gasteiger partial charge in [0.05, 0.1) is 7.11 Å². The first-order valence-electron chi connectivity index (χ1n) is 5.83. The third kappa shape index (κ3) is 1.76. The molecule has 0 fully saturated rings. The summed E-state index contributed by atoms with van der Waals surface area (Å²) in [6, 6.07) is 12.1. The number of anilines is 1. The van der Waals surface area contributed by atoms with Crippen molar-refractivity contribution in [1.82, 2.24) is 4.65 Å². The number of aliphatic imine (C=N–C) groups is 1. The Morgan fingerprint density at radius 2 is 1.89 bits per heavy atom. The van der Waals surface area contributed by atoms with Crippen LogP contribution in [0.3, 0.4) is 0 Å². The molecule has 96 valence electrons. The first kappa shape index (κ1) is 11.7. The highest BCUT2D eigenvalue weighted by Crippen LogP contribution is 2.44. The van der Waals surface area contributed by atoms with Crippen LogP contribution in [0.5, 0.6) is 5.75 Å². The van der Waals surface area contributed by atoms with Gasteiger partial charge in [-0.15, -0.1) is 0 Å². The van der Waals surface area contributed by atoms with Crippen molar-refractivity contribution >= 4 is 29.1 Å². The zero-order valence-electron chi connectivity index (χ0n) is 10.4. The van der Waals surface area contributed by atoms with Crippen molar-refractivity contribution < 1.29 is 4.74 Å². The highest BCUT2D eigenvalue weighted by Gasteiger charge is 2.30. The molecule has 19 heavy (non-hydrogen) atoms. The van der Waals surface area contributed by atoms with Crippen molar-refractivity contribution in [1.29, 1.82) is 0 Å². The van der Waals surface area contributed by atoms with Gasteiger partial charge in [-0.2, -0.15) is 4.99 Å². The molecule has 2 aromatic carbocycles. The van der Waals surface area contributed by atoms with Gasteiger partial charge in [-0.1, -0.05) is 0 Å². The number of hydroxylamine groups is 1. The summed E-state index contributed by atoms with van der Waals surface area (Å²) in [6.45, 7) is 0. The van der Waals surface area contributed by atoms with E-state index in [2.05, 4.69) is 4.99 Å². The second-order valence-corrected chi connectivity index (χ2v) is 4.35. The molecule has 0 aliphatic carbocycles. The molecule has 0 bridgehead atoms. The van der Waals surface area contributed by atoms with E-state index >= 15 is 0 Å². The van der Waals surface area contributed by atoms with Crippen LogP contribution >= 0.6 is 0 Å². The quantitative estimate of drug-likeness (QED) is 0.509. The number of nitrogens with zero attached hydrogens (tertiary/aromatic N) is 2. The van der Waals surface area contributed by atoms with Gasteiger partial charge in [0.1, 0.15) is 17.1 Å². The Morgan fingerprint density at radius 3 is 2.58 bits per heavy atom. The largest absolute Gasteiger partial charge is 0.616 e. The number of nitrogens with two attached hydrogens (primary N) is 1. The minimum atomic E-state index is -0.709. The fourth-order valence-corrected chi connectivity index (χ4v) is 2.14. The lowest BCUT2D eigenvalue weighted by molar-refractivity contribution is 0.414. The molecule has 1 aliphatic rings. The van der Waals surface area contributed by atoms with Crippen LogP contribution in [0.25, 0.3) is 0 Å². The maximum Gasteiger partial charge on any atom is 0.201 e. The number of ether oxygens (including phenoxy) is 1. The molecule has 0 saturated carbocycles. The predicted octanol–water partition coefficient (Wildman–Crippen LogP) is 3.09. The van der Waals surface area contributed by atoms with E-state index in [4.69, 9.17) is 10.5 Å². The number of hydrogen-bond donors (Lipinski definition) is 1. The summed E-state index contributed by atoms with van der Waals surface area (Å²) in [5.41, 5.74) is 8.06. The van der Waals surface area contributed by atoms with Crippen molar-refractivity contribution in [2.24, 2.45) is 4.99 Å².